The number of halogens is 1. The Morgan fingerprint density at radius 2 is 2.20 bits per heavy atom. The van der Waals surface area contributed by atoms with Crippen molar-refractivity contribution in [2.24, 2.45) is 16.8 Å². The minimum Gasteiger partial charge on any atom is -0.487 e. The number of hydrogen-bond acceptors (Lipinski definition) is 3. The van der Waals surface area contributed by atoms with Gasteiger partial charge in [0, 0.05) is 5.56 Å². The standard InChI is InChI=1S/C15H21FN2O2/c1-2-10-5-3-4-6-13(10)20-14-8-7-11(9-12(14)16)15(17)18-19/h7-10,13,19H,2-6H2,1H3,(H2,17,18). The average Bonchev–Trinajstić information content (AvgIpc) is 2.49. The van der Waals surface area contributed by atoms with Gasteiger partial charge in [-0.15, -0.1) is 0 Å². The van der Waals surface area contributed by atoms with Crippen LogP contribution in [0.5, 0.6) is 5.75 Å². The first kappa shape index (κ1) is 14.6. The lowest BCUT2D eigenvalue weighted by Crippen LogP contribution is -2.30. The molecule has 1 aliphatic rings. The molecule has 3 N–H and O–H groups in total. The molecule has 0 heterocycles. The van der Waals surface area contributed by atoms with E-state index in [0.717, 1.165) is 25.7 Å². The molecule has 0 amide bonds. The van der Waals surface area contributed by atoms with Gasteiger partial charge in [-0.25, -0.2) is 4.39 Å². The van der Waals surface area contributed by atoms with Gasteiger partial charge < -0.3 is 15.7 Å². The highest BCUT2D eigenvalue weighted by molar-refractivity contribution is 5.97. The second-order valence-electron chi connectivity index (χ2n) is 5.24. The van der Waals surface area contributed by atoms with Crippen molar-refractivity contribution in [1.82, 2.24) is 0 Å². The second kappa shape index (κ2) is 6.59. The molecule has 2 unspecified atom stereocenters. The lowest BCUT2D eigenvalue weighted by atomic mass is 9.85. The maximum absolute atomic E-state index is 14.0. The summed E-state index contributed by atoms with van der Waals surface area (Å²) in [7, 11) is 0. The maximum atomic E-state index is 14.0. The van der Waals surface area contributed by atoms with E-state index in [9.17, 15) is 4.39 Å². The number of nitrogens with two attached hydrogens (primary N) is 1. The Morgan fingerprint density at radius 1 is 1.45 bits per heavy atom. The summed E-state index contributed by atoms with van der Waals surface area (Å²) >= 11 is 0. The maximum Gasteiger partial charge on any atom is 0.170 e. The number of ether oxygens (including phenoxy) is 1. The normalized spacial score (nSPS) is 23.6. The van der Waals surface area contributed by atoms with Gasteiger partial charge in [0.1, 0.15) is 6.10 Å². The minimum absolute atomic E-state index is 0.0814. The van der Waals surface area contributed by atoms with Gasteiger partial charge in [0.05, 0.1) is 0 Å². The van der Waals surface area contributed by atoms with Crippen LogP contribution in [0.4, 0.5) is 4.39 Å². The Balaban J connectivity index is 2.13. The van der Waals surface area contributed by atoms with Crippen molar-refractivity contribution in [3.05, 3.63) is 29.6 Å². The summed E-state index contributed by atoms with van der Waals surface area (Å²) < 4.78 is 19.9. The molecule has 1 fully saturated rings. The number of amidine groups is 1. The van der Waals surface area contributed by atoms with E-state index in [4.69, 9.17) is 15.7 Å². The third kappa shape index (κ3) is 3.21. The molecule has 1 saturated carbocycles. The van der Waals surface area contributed by atoms with Crippen LogP contribution in [0.1, 0.15) is 44.6 Å². The van der Waals surface area contributed by atoms with Crippen LogP contribution in [-0.4, -0.2) is 17.1 Å². The molecule has 0 radical (unpaired) electrons. The third-order valence-corrected chi connectivity index (χ3v) is 3.98. The summed E-state index contributed by atoms with van der Waals surface area (Å²) in [5.41, 5.74) is 5.77. The highest BCUT2D eigenvalue weighted by atomic mass is 19.1. The van der Waals surface area contributed by atoms with Crippen LogP contribution < -0.4 is 10.5 Å². The highest BCUT2D eigenvalue weighted by Gasteiger charge is 2.26. The van der Waals surface area contributed by atoms with E-state index in [-0.39, 0.29) is 17.7 Å². The highest BCUT2D eigenvalue weighted by Crippen LogP contribution is 2.31. The van der Waals surface area contributed by atoms with Gasteiger partial charge in [-0.05, 0) is 49.8 Å². The Morgan fingerprint density at radius 3 is 2.85 bits per heavy atom. The summed E-state index contributed by atoms with van der Waals surface area (Å²) in [5, 5.41) is 11.4. The fraction of sp³-hybridized carbons (Fsp3) is 0.533. The number of rotatable bonds is 4. The van der Waals surface area contributed by atoms with Crippen molar-refractivity contribution >= 4 is 5.84 Å². The van der Waals surface area contributed by atoms with Gasteiger partial charge >= 0.3 is 0 Å². The molecule has 1 aliphatic carbocycles. The smallest absolute Gasteiger partial charge is 0.170 e. The summed E-state index contributed by atoms with van der Waals surface area (Å²) in [5.74, 6) is 0.144. The number of benzene rings is 1. The molecule has 20 heavy (non-hydrogen) atoms. The van der Waals surface area contributed by atoms with Crippen LogP contribution in [-0.2, 0) is 0 Å². The fourth-order valence-electron chi connectivity index (χ4n) is 2.77. The monoisotopic (exact) mass is 280 g/mol. The fourth-order valence-corrected chi connectivity index (χ4v) is 2.77. The average molecular weight is 280 g/mol. The zero-order chi connectivity index (χ0) is 14.5. The van der Waals surface area contributed by atoms with Crippen molar-refractivity contribution < 1.29 is 14.3 Å². The first-order valence-electron chi connectivity index (χ1n) is 7.09. The van der Waals surface area contributed by atoms with Crippen LogP contribution in [0.15, 0.2) is 23.4 Å². The van der Waals surface area contributed by atoms with E-state index in [1.54, 1.807) is 12.1 Å². The Kier molecular flexibility index (Phi) is 4.82. The third-order valence-electron chi connectivity index (χ3n) is 3.98. The molecule has 0 bridgehead atoms. The Bertz CT molecular complexity index is 491. The van der Waals surface area contributed by atoms with Gasteiger partial charge in [0.15, 0.2) is 17.4 Å². The van der Waals surface area contributed by atoms with Crippen LogP contribution in [0, 0.1) is 11.7 Å². The van der Waals surface area contributed by atoms with Crippen molar-refractivity contribution in [3.8, 4) is 5.75 Å². The molecule has 1 aromatic rings. The van der Waals surface area contributed by atoms with Gasteiger partial charge in [-0.2, -0.15) is 0 Å². The van der Waals surface area contributed by atoms with Gasteiger partial charge in [0.2, 0.25) is 0 Å². The van der Waals surface area contributed by atoms with E-state index < -0.39 is 5.82 Å². The Labute approximate surface area is 118 Å². The van der Waals surface area contributed by atoms with Gasteiger partial charge in [0.25, 0.3) is 0 Å². The molecule has 4 nitrogen and oxygen atoms in total. The molecule has 2 atom stereocenters. The van der Waals surface area contributed by atoms with E-state index >= 15 is 0 Å². The summed E-state index contributed by atoms with van der Waals surface area (Å²) in [6, 6.07) is 4.37. The zero-order valence-electron chi connectivity index (χ0n) is 11.7. The predicted molar refractivity (Wildman–Crippen MR) is 75.6 cm³/mol. The molecule has 0 aromatic heterocycles. The van der Waals surface area contributed by atoms with Gasteiger partial charge in [-0.3, -0.25) is 0 Å². The van der Waals surface area contributed by atoms with Crippen molar-refractivity contribution in [2.75, 3.05) is 0 Å². The molecule has 110 valence electrons. The number of hydrogen-bond donors (Lipinski definition) is 2. The topological polar surface area (TPSA) is 67.8 Å². The van der Waals surface area contributed by atoms with Gasteiger partial charge in [-0.1, -0.05) is 18.5 Å². The summed E-state index contributed by atoms with van der Waals surface area (Å²) in [4.78, 5) is 0. The van der Waals surface area contributed by atoms with Crippen molar-refractivity contribution in [3.63, 3.8) is 0 Å². The first-order valence-corrected chi connectivity index (χ1v) is 7.09. The van der Waals surface area contributed by atoms with Crippen LogP contribution in [0.25, 0.3) is 0 Å². The van der Waals surface area contributed by atoms with E-state index in [1.165, 1.54) is 12.5 Å². The van der Waals surface area contributed by atoms with Crippen molar-refractivity contribution in [1.29, 1.82) is 0 Å². The largest absolute Gasteiger partial charge is 0.487 e. The number of oxime groups is 1. The van der Waals surface area contributed by atoms with E-state index in [2.05, 4.69) is 12.1 Å². The zero-order valence-corrected chi connectivity index (χ0v) is 11.7. The molecular weight excluding hydrogens is 259 g/mol. The molecule has 0 aliphatic heterocycles. The van der Waals surface area contributed by atoms with Crippen LogP contribution >= 0.6 is 0 Å². The summed E-state index contributed by atoms with van der Waals surface area (Å²) in [6.07, 6.45) is 5.60. The first-order chi connectivity index (χ1) is 9.65. The minimum atomic E-state index is -0.477. The van der Waals surface area contributed by atoms with E-state index in [1.807, 2.05) is 0 Å². The SMILES string of the molecule is CCC1CCCCC1Oc1ccc(/C(N)=N/O)cc1F. The number of nitrogens with zero attached hydrogens (tertiary/aromatic N) is 1. The van der Waals surface area contributed by atoms with Crippen molar-refractivity contribution in [2.45, 2.75) is 45.1 Å². The second-order valence-corrected chi connectivity index (χ2v) is 5.24. The van der Waals surface area contributed by atoms with E-state index in [0.29, 0.717) is 11.5 Å². The molecule has 2 rings (SSSR count). The lowest BCUT2D eigenvalue weighted by Gasteiger charge is -2.31. The quantitative estimate of drug-likeness (QED) is 0.385. The lowest BCUT2D eigenvalue weighted by molar-refractivity contribution is 0.0863. The predicted octanol–water partition coefficient (Wildman–Crippen LogP) is 3.27. The Hall–Kier alpha value is -1.78. The molecular formula is C15H21FN2O2. The van der Waals surface area contributed by atoms with Crippen LogP contribution in [0.2, 0.25) is 0 Å². The molecule has 1 aromatic carbocycles. The molecule has 5 heteroatoms. The summed E-state index contributed by atoms with van der Waals surface area (Å²) in [6.45, 7) is 2.14. The van der Waals surface area contributed by atoms with Crippen LogP contribution in [0.3, 0.4) is 0 Å². The molecule has 0 saturated heterocycles. The molecule has 0 spiro atoms.